The summed E-state index contributed by atoms with van der Waals surface area (Å²) < 4.78 is 0. The first-order valence-electron chi connectivity index (χ1n) is 6.76. The second-order valence-electron chi connectivity index (χ2n) is 5.39. The van der Waals surface area contributed by atoms with Gasteiger partial charge in [-0.2, -0.15) is 0 Å². The van der Waals surface area contributed by atoms with Gasteiger partial charge in [0, 0.05) is 11.6 Å². The molecule has 0 amide bonds. The zero-order chi connectivity index (χ0) is 12.2. The van der Waals surface area contributed by atoms with E-state index in [0.717, 1.165) is 18.8 Å². The summed E-state index contributed by atoms with van der Waals surface area (Å²) in [6, 6.07) is 0.431. The van der Waals surface area contributed by atoms with E-state index in [1.807, 2.05) is 0 Å². The highest BCUT2D eigenvalue weighted by molar-refractivity contribution is 5.00. The topological polar surface area (TPSA) is 41.3 Å². The van der Waals surface area contributed by atoms with Gasteiger partial charge in [0.25, 0.3) is 0 Å². The molecule has 0 bridgehead atoms. The van der Waals surface area contributed by atoms with E-state index in [9.17, 15) is 0 Å². The maximum absolute atomic E-state index is 5.85. The number of hydrazine groups is 1. The highest BCUT2D eigenvalue weighted by Gasteiger charge is 2.42. The van der Waals surface area contributed by atoms with Gasteiger partial charge in [-0.1, -0.05) is 26.7 Å². The van der Waals surface area contributed by atoms with Crippen molar-refractivity contribution in [3.8, 4) is 0 Å². The van der Waals surface area contributed by atoms with Gasteiger partial charge < -0.3 is 4.90 Å². The van der Waals surface area contributed by atoms with Crippen molar-refractivity contribution in [1.82, 2.24) is 10.3 Å². The van der Waals surface area contributed by atoms with E-state index >= 15 is 0 Å². The molecule has 96 valence electrons. The Morgan fingerprint density at radius 1 is 1.25 bits per heavy atom. The summed E-state index contributed by atoms with van der Waals surface area (Å²) in [7, 11) is 4.37. The molecule has 1 unspecified atom stereocenters. The van der Waals surface area contributed by atoms with E-state index < -0.39 is 0 Å². The van der Waals surface area contributed by atoms with Gasteiger partial charge in [0.2, 0.25) is 0 Å². The van der Waals surface area contributed by atoms with E-state index in [2.05, 4.69) is 38.3 Å². The molecule has 0 aromatic heterocycles. The first kappa shape index (κ1) is 13.9. The van der Waals surface area contributed by atoms with Crippen LogP contribution in [0.1, 0.15) is 52.4 Å². The maximum Gasteiger partial charge on any atom is 0.0422 e. The summed E-state index contributed by atoms with van der Waals surface area (Å²) in [6.07, 6.45) is 7.73. The molecule has 1 fully saturated rings. The number of hydrogen-bond acceptors (Lipinski definition) is 3. The molecule has 1 aliphatic rings. The first-order valence-corrected chi connectivity index (χ1v) is 6.76. The van der Waals surface area contributed by atoms with Crippen LogP contribution in [0.15, 0.2) is 0 Å². The lowest BCUT2D eigenvalue weighted by atomic mass is 9.76. The lowest BCUT2D eigenvalue weighted by Crippen LogP contribution is -2.62. The number of likely N-dealkylation sites (N-methyl/N-ethyl adjacent to an activating group) is 1. The third-order valence-corrected chi connectivity index (χ3v) is 4.74. The lowest BCUT2D eigenvalue weighted by molar-refractivity contribution is 0.0603. The smallest absolute Gasteiger partial charge is 0.0422 e. The number of nitrogens with two attached hydrogens (primary N) is 1. The van der Waals surface area contributed by atoms with Gasteiger partial charge in [0.05, 0.1) is 0 Å². The highest BCUT2D eigenvalue weighted by Crippen LogP contribution is 2.37. The SMILES string of the molecule is CCC(CC)(C(NN)C1CCCC1)N(C)C. The second-order valence-corrected chi connectivity index (χ2v) is 5.39. The largest absolute Gasteiger partial charge is 0.302 e. The lowest BCUT2D eigenvalue weighted by Gasteiger charge is -2.47. The van der Waals surface area contributed by atoms with Gasteiger partial charge in [-0.3, -0.25) is 11.3 Å². The van der Waals surface area contributed by atoms with E-state index in [1.165, 1.54) is 25.7 Å². The van der Waals surface area contributed by atoms with Gasteiger partial charge in [0.15, 0.2) is 0 Å². The molecule has 0 aromatic carbocycles. The van der Waals surface area contributed by atoms with Crippen molar-refractivity contribution < 1.29 is 0 Å². The van der Waals surface area contributed by atoms with Crippen LogP contribution in [0.2, 0.25) is 0 Å². The van der Waals surface area contributed by atoms with Crippen LogP contribution in [0.5, 0.6) is 0 Å². The van der Waals surface area contributed by atoms with Crippen LogP contribution in [0.4, 0.5) is 0 Å². The minimum Gasteiger partial charge on any atom is -0.302 e. The molecule has 0 aliphatic heterocycles. The molecule has 0 aromatic rings. The Morgan fingerprint density at radius 3 is 2.06 bits per heavy atom. The summed E-state index contributed by atoms with van der Waals surface area (Å²) in [5.74, 6) is 6.61. The molecule has 3 N–H and O–H groups in total. The van der Waals surface area contributed by atoms with Crippen molar-refractivity contribution in [2.75, 3.05) is 14.1 Å². The van der Waals surface area contributed by atoms with Crippen molar-refractivity contribution in [3.05, 3.63) is 0 Å². The summed E-state index contributed by atoms with van der Waals surface area (Å²) in [6.45, 7) is 4.56. The standard InChI is InChI=1S/C13H29N3/c1-5-13(6-2,16(3)4)12(15-14)11-9-7-8-10-11/h11-12,15H,5-10,14H2,1-4H3. The minimum absolute atomic E-state index is 0.212. The Bertz CT molecular complexity index is 193. The molecule has 0 spiro atoms. The van der Waals surface area contributed by atoms with Crippen LogP contribution in [-0.2, 0) is 0 Å². The predicted molar refractivity (Wildman–Crippen MR) is 70.1 cm³/mol. The second kappa shape index (κ2) is 5.99. The Balaban J connectivity index is 2.87. The molecule has 1 saturated carbocycles. The average molecular weight is 227 g/mol. The predicted octanol–water partition coefficient (Wildman–Crippen LogP) is 2.13. The molecule has 1 atom stereocenters. The van der Waals surface area contributed by atoms with Crippen LogP contribution >= 0.6 is 0 Å². The van der Waals surface area contributed by atoms with E-state index in [4.69, 9.17) is 5.84 Å². The van der Waals surface area contributed by atoms with Gasteiger partial charge in [-0.25, -0.2) is 0 Å². The highest BCUT2D eigenvalue weighted by atomic mass is 15.3. The van der Waals surface area contributed by atoms with Crippen molar-refractivity contribution >= 4 is 0 Å². The Kier molecular flexibility index (Phi) is 5.22. The molecule has 0 radical (unpaired) electrons. The fraction of sp³-hybridized carbons (Fsp3) is 1.00. The van der Waals surface area contributed by atoms with E-state index in [1.54, 1.807) is 0 Å². The maximum atomic E-state index is 5.85. The van der Waals surface area contributed by atoms with Crippen LogP contribution in [-0.4, -0.2) is 30.6 Å². The monoisotopic (exact) mass is 227 g/mol. The van der Waals surface area contributed by atoms with E-state index in [-0.39, 0.29) is 5.54 Å². The van der Waals surface area contributed by atoms with Crippen LogP contribution in [0.25, 0.3) is 0 Å². The summed E-state index contributed by atoms with van der Waals surface area (Å²) >= 11 is 0. The molecule has 3 nitrogen and oxygen atoms in total. The van der Waals surface area contributed by atoms with Crippen molar-refractivity contribution in [2.24, 2.45) is 11.8 Å². The summed E-state index contributed by atoms with van der Waals surface area (Å²) in [5, 5.41) is 0. The molecular formula is C13H29N3. The van der Waals surface area contributed by atoms with Gasteiger partial charge in [-0.15, -0.1) is 0 Å². The van der Waals surface area contributed by atoms with Crippen molar-refractivity contribution in [1.29, 1.82) is 0 Å². The zero-order valence-electron chi connectivity index (χ0n) is 11.4. The molecule has 1 aliphatic carbocycles. The van der Waals surface area contributed by atoms with Gasteiger partial charge >= 0.3 is 0 Å². The number of nitrogens with zero attached hydrogens (tertiary/aromatic N) is 1. The fourth-order valence-corrected chi connectivity index (χ4v) is 3.62. The van der Waals surface area contributed by atoms with Crippen LogP contribution in [0.3, 0.4) is 0 Å². The average Bonchev–Trinajstić information content (AvgIpc) is 2.78. The third-order valence-electron chi connectivity index (χ3n) is 4.74. The number of nitrogens with one attached hydrogen (secondary N) is 1. The number of rotatable bonds is 6. The molecule has 3 heteroatoms. The Labute approximate surface area is 101 Å². The summed E-state index contributed by atoms with van der Waals surface area (Å²) in [4.78, 5) is 2.37. The zero-order valence-corrected chi connectivity index (χ0v) is 11.4. The van der Waals surface area contributed by atoms with Crippen LogP contribution in [0, 0.1) is 5.92 Å². The quantitative estimate of drug-likeness (QED) is 0.539. The summed E-state index contributed by atoms with van der Waals surface area (Å²) in [5.41, 5.74) is 3.34. The fourth-order valence-electron chi connectivity index (χ4n) is 3.62. The molecule has 0 saturated heterocycles. The Morgan fingerprint density at radius 2 is 1.75 bits per heavy atom. The van der Waals surface area contributed by atoms with Crippen molar-refractivity contribution in [2.45, 2.75) is 64.0 Å². The molecular weight excluding hydrogens is 198 g/mol. The van der Waals surface area contributed by atoms with E-state index in [0.29, 0.717) is 6.04 Å². The van der Waals surface area contributed by atoms with Gasteiger partial charge in [-0.05, 0) is 45.7 Å². The third kappa shape index (κ3) is 2.41. The molecule has 0 heterocycles. The Hall–Kier alpha value is -0.120. The molecule has 1 rings (SSSR count). The normalized spacial score (nSPS) is 20.6. The number of hydrogen-bond donors (Lipinski definition) is 2. The van der Waals surface area contributed by atoms with Gasteiger partial charge in [0.1, 0.15) is 0 Å². The molecule has 16 heavy (non-hydrogen) atoms. The van der Waals surface area contributed by atoms with Crippen molar-refractivity contribution in [3.63, 3.8) is 0 Å². The first-order chi connectivity index (χ1) is 7.62. The minimum atomic E-state index is 0.212. The van der Waals surface area contributed by atoms with Crippen LogP contribution < -0.4 is 11.3 Å².